The first kappa shape index (κ1) is 18.1. The van der Waals surface area contributed by atoms with Gasteiger partial charge in [0.1, 0.15) is 0 Å². The minimum atomic E-state index is -3.30. The van der Waals surface area contributed by atoms with Crippen LogP contribution in [-0.2, 0) is 27.1 Å². The minimum absolute atomic E-state index is 0.00812. The number of ether oxygens (including phenoxy) is 1. The summed E-state index contributed by atoms with van der Waals surface area (Å²) in [4.78, 5) is 0. The molecule has 0 bridgehead atoms. The van der Waals surface area contributed by atoms with Gasteiger partial charge in [0.15, 0.2) is 0 Å². The van der Waals surface area contributed by atoms with Gasteiger partial charge in [-0.1, -0.05) is 38.1 Å². The fourth-order valence-corrected chi connectivity index (χ4v) is 3.18. The Kier molecular flexibility index (Phi) is 7.88. The maximum atomic E-state index is 12.0. The second-order valence-corrected chi connectivity index (χ2v) is 7.07. The molecule has 0 fully saturated rings. The lowest BCUT2D eigenvalue weighted by atomic mass is 10.1. The third kappa shape index (κ3) is 7.57. The summed E-state index contributed by atoms with van der Waals surface area (Å²) in [7, 11) is -1.69. The second kappa shape index (κ2) is 9.15. The van der Waals surface area contributed by atoms with Crippen molar-refractivity contribution in [2.45, 2.75) is 26.1 Å². The van der Waals surface area contributed by atoms with E-state index in [1.165, 1.54) is 0 Å². The Labute approximate surface area is 128 Å². The Morgan fingerprint density at radius 1 is 1.19 bits per heavy atom. The molecule has 1 aromatic carbocycles. The molecule has 0 heterocycles. The van der Waals surface area contributed by atoms with Gasteiger partial charge in [-0.05, 0) is 23.6 Å². The lowest BCUT2D eigenvalue weighted by Gasteiger charge is -2.12. The number of methoxy groups -OCH3 is 1. The molecule has 0 aromatic heterocycles. The van der Waals surface area contributed by atoms with Crippen LogP contribution in [0.15, 0.2) is 24.3 Å². The summed E-state index contributed by atoms with van der Waals surface area (Å²) in [6, 6.07) is 7.65. The van der Waals surface area contributed by atoms with E-state index in [2.05, 4.69) is 17.0 Å². The molecule has 21 heavy (non-hydrogen) atoms. The average Bonchev–Trinajstić information content (AvgIpc) is 2.45. The summed E-state index contributed by atoms with van der Waals surface area (Å²) < 4.78 is 31.6. The maximum Gasteiger partial charge on any atom is 0.215 e. The zero-order valence-electron chi connectivity index (χ0n) is 13.1. The third-order valence-corrected chi connectivity index (χ3v) is 4.38. The number of benzene rings is 1. The van der Waals surface area contributed by atoms with E-state index in [1.54, 1.807) is 7.11 Å². The van der Waals surface area contributed by atoms with Crippen molar-refractivity contribution < 1.29 is 13.2 Å². The normalized spacial score (nSPS) is 13.3. The van der Waals surface area contributed by atoms with Crippen LogP contribution in [0.25, 0.3) is 0 Å². The van der Waals surface area contributed by atoms with Crippen LogP contribution in [0.5, 0.6) is 0 Å². The topological polar surface area (TPSA) is 67.4 Å². The molecule has 0 saturated carbocycles. The zero-order chi connectivity index (χ0) is 15.7. The fraction of sp³-hybridized carbons (Fsp3) is 0.600. The highest BCUT2D eigenvalue weighted by Crippen LogP contribution is 2.08. The predicted octanol–water partition coefficient (Wildman–Crippen LogP) is 1.50. The van der Waals surface area contributed by atoms with Gasteiger partial charge in [0.05, 0.1) is 5.75 Å². The van der Waals surface area contributed by atoms with E-state index in [1.807, 2.05) is 31.2 Å². The van der Waals surface area contributed by atoms with E-state index >= 15 is 0 Å². The molecule has 120 valence electrons. The molecular weight excluding hydrogens is 288 g/mol. The number of rotatable bonds is 10. The predicted molar refractivity (Wildman–Crippen MR) is 85.5 cm³/mol. The first-order valence-corrected chi connectivity index (χ1v) is 8.87. The summed E-state index contributed by atoms with van der Waals surface area (Å²) in [5, 5.41) is 3.23. The molecule has 1 unspecified atom stereocenters. The largest absolute Gasteiger partial charge is 0.384 e. The van der Waals surface area contributed by atoms with Gasteiger partial charge in [-0.2, -0.15) is 0 Å². The molecule has 0 spiro atoms. The first-order valence-electron chi connectivity index (χ1n) is 7.21. The Bertz CT molecular complexity index is 500. The van der Waals surface area contributed by atoms with Crippen molar-refractivity contribution >= 4 is 10.0 Å². The minimum Gasteiger partial charge on any atom is -0.384 e. The summed E-state index contributed by atoms with van der Waals surface area (Å²) >= 11 is 0. The number of nitrogens with one attached hydrogen (secondary N) is 2. The summed E-state index contributed by atoms with van der Waals surface area (Å²) in [5.41, 5.74) is 1.95. The standard InChI is InChI=1S/C15H26N2O3S/c1-4-16-10-14-5-7-15(8-6-14)12-21(18,19)17-9-13(2)11-20-3/h5-8,13,16-17H,4,9-12H2,1-3H3. The van der Waals surface area contributed by atoms with Crippen molar-refractivity contribution in [1.82, 2.24) is 10.0 Å². The van der Waals surface area contributed by atoms with Crippen molar-refractivity contribution in [2.75, 3.05) is 26.8 Å². The van der Waals surface area contributed by atoms with Crippen molar-refractivity contribution in [2.24, 2.45) is 5.92 Å². The number of hydrogen-bond donors (Lipinski definition) is 2. The van der Waals surface area contributed by atoms with Crippen molar-refractivity contribution in [3.63, 3.8) is 0 Å². The maximum absolute atomic E-state index is 12.0. The van der Waals surface area contributed by atoms with E-state index in [0.29, 0.717) is 13.2 Å². The van der Waals surface area contributed by atoms with Crippen molar-refractivity contribution in [1.29, 1.82) is 0 Å². The van der Waals surface area contributed by atoms with Gasteiger partial charge in [0, 0.05) is 26.8 Å². The lowest BCUT2D eigenvalue weighted by Crippen LogP contribution is -2.31. The van der Waals surface area contributed by atoms with Gasteiger partial charge in [-0.15, -0.1) is 0 Å². The molecular formula is C15H26N2O3S. The molecule has 2 N–H and O–H groups in total. The molecule has 0 aliphatic heterocycles. The van der Waals surface area contributed by atoms with E-state index in [0.717, 1.165) is 24.2 Å². The average molecular weight is 314 g/mol. The van der Waals surface area contributed by atoms with Crippen LogP contribution in [-0.4, -0.2) is 35.2 Å². The molecule has 1 rings (SSSR count). The van der Waals surface area contributed by atoms with Crippen LogP contribution in [0.4, 0.5) is 0 Å². The van der Waals surface area contributed by atoms with Crippen molar-refractivity contribution in [3.05, 3.63) is 35.4 Å². The van der Waals surface area contributed by atoms with Gasteiger partial charge in [0.25, 0.3) is 0 Å². The molecule has 1 aromatic rings. The first-order chi connectivity index (χ1) is 9.96. The van der Waals surface area contributed by atoms with Crippen LogP contribution < -0.4 is 10.0 Å². The molecule has 0 amide bonds. The SMILES string of the molecule is CCNCc1ccc(CS(=O)(=O)NCC(C)COC)cc1. The molecule has 0 saturated heterocycles. The Hall–Kier alpha value is -0.950. The highest BCUT2D eigenvalue weighted by atomic mass is 32.2. The van der Waals surface area contributed by atoms with E-state index < -0.39 is 10.0 Å². The summed E-state index contributed by atoms with van der Waals surface area (Å²) in [6.45, 7) is 6.66. The van der Waals surface area contributed by atoms with Gasteiger partial charge in [-0.25, -0.2) is 13.1 Å². The monoisotopic (exact) mass is 314 g/mol. The highest BCUT2D eigenvalue weighted by molar-refractivity contribution is 7.88. The summed E-state index contributed by atoms with van der Waals surface area (Å²) in [5.74, 6) is 0.168. The van der Waals surface area contributed by atoms with Gasteiger partial charge in [-0.3, -0.25) is 0 Å². The highest BCUT2D eigenvalue weighted by Gasteiger charge is 2.13. The molecule has 6 heteroatoms. The molecule has 0 radical (unpaired) electrons. The van der Waals surface area contributed by atoms with E-state index in [9.17, 15) is 8.42 Å². The van der Waals surface area contributed by atoms with Gasteiger partial charge >= 0.3 is 0 Å². The Balaban J connectivity index is 2.50. The number of hydrogen-bond acceptors (Lipinski definition) is 4. The van der Waals surface area contributed by atoms with Gasteiger partial charge in [0.2, 0.25) is 10.0 Å². The van der Waals surface area contributed by atoms with Crippen LogP contribution in [0.3, 0.4) is 0 Å². The van der Waals surface area contributed by atoms with Gasteiger partial charge < -0.3 is 10.1 Å². The van der Waals surface area contributed by atoms with Crippen LogP contribution in [0, 0.1) is 5.92 Å². The summed E-state index contributed by atoms with van der Waals surface area (Å²) in [6.07, 6.45) is 0. The molecule has 5 nitrogen and oxygen atoms in total. The van der Waals surface area contributed by atoms with Crippen LogP contribution >= 0.6 is 0 Å². The molecule has 0 aliphatic carbocycles. The van der Waals surface area contributed by atoms with E-state index in [4.69, 9.17) is 4.74 Å². The van der Waals surface area contributed by atoms with Crippen LogP contribution in [0.2, 0.25) is 0 Å². The lowest BCUT2D eigenvalue weighted by molar-refractivity contribution is 0.161. The number of sulfonamides is 1. The molecule has 0 aliphatic rings. The second-order valence-electron chi connectivity index (χ2n) is 5.26. The molecule has 1 atom stereocenters. The Morgan fingerprint density at radius 3 is 2.38 bits per heavy atom. The fourth-order valence-electron chi connectivity index (χ4n) is 1.91. The van der Waals surface area contributed by atoms with E-state index in [-0.39, 0.29) is 11.7 Å². The quantitative estimate of drug-likeness (QED) is 0.687. The Morgan fingerprint density at radius 2 is 1.81 bits per heavy atom. The van der Waals surface area contributed by atoms with Crippen LogP contribution in [0.1, 0.15) is 25.0 Å². The smallest absolute Gasteiger partial charge is 0.215 e. The van der Waals surface area contributed by atoms with Crippen molar-refractivity contribution in [3.8, 4) is 0 Å². The third-order valence-electron chi connectivity index (χ3n) is 3.06. The zero-order valence-corrected chi connectivity index (χ0v) is 13.9.